The van der Waals surface area contributed by atoms with Crippen molar-refractivity contribution in [2.75, 3.05) is 13.2 Å². The summed E-state index contributed by atoms with van der Waals surface area (Å²) >= 11 is 0. The summed E-state index contributed by atoms with van der Waals surface area (Å²) in [4.78, 5) is 23.2. The van der Waals surface area contributed by atoms with Gasteiger partial charge in [-0.25, -0.2) is 4.79 Å². The second-order valence-electron chi connectivity index (χ2n) is 10.7. The number of carbonyl (C=O) groups excluding carboxylic acids is 1. The van der Waals surface area contributed by atoms with Crippen LogP contribution in [-0.4, -0.2) is 29.9 Å². The fraction of sp³-hybridized carbons (Fsp3) is 0.344. The first kappa shape index (κ1) is 25.5. The van der Waals surface area contributed by atoms with E-state index in [-0.39, 0.29) is 16.7 Å². The Morgan fingerprint density at radius 3 is 2.51 bits per heavy atom. The number of aryl methyl sites for hydroxylation is 1. The fourth-order valence-corrected chi connectivity index (χ4v) is 6.78. The van der Waals surface area contributed by atoms with E-state index in [4.69, 9.17) is 14.2 Å². The first-order chi connectivity index (χ1) is 18.9. The van der Waals surface area contributed by atoms with E-state index in [0.29, 0.717) is 24.9 Å². The quantitative estimate of drug-likeness (QED) is 0.161. The maximum atomic E-state index is 12.7. The van der Waals surface area contributed by atoms with Crippen LogP contribution in [0.25, 0.3) is 6.08 Å². The van der Waals surface area contributed by atoms with E-state index in [2.05, 4.69) is 31.2 Å². The van der Waals surface area contributed by atoms with Gasteiger partial charge in [0, 0.05) is 24.0 Å². The predicted octanol–water partition coefficient (Wildman–Crippen LogP) is 6.64. The van der Waals surface area contributed by atoms with E-state index in [9.17, 15) is 14.9 Å². The number of carbonyl (C=O) groups is 1. The van der Waals surface area contributed by atoms with Gasteiger partial charge in [0.1, 0.15) is 5.75 Å². The monoisotopic (exact) mass is 525 g/mol. The molecule has 1 heterocycles. The van der Waals surface area contributed by atoms with Gasteiger partial charge in [0.05, 0.1) is 23.7 Å². The van der Waals surface area contributed by atoms with Crippen molar-refractivity contribution in [2.45, 2.75) is 50.2 Å². The van der Waals surface area contributed by atoms with Crippen LogP contribution in [0.3, 0.4) is 0 Å². The molecule has 2 fully saturated rings. The van der Waals surface area contributed by atoms with Gasteiger partial charge in [-0.2, -0.15) is 0 Å². The third-order valence-corrected chi connectivity index (χ3v) is 8.72. The van der Waals surface area contributed by atoms with Gasteiger partial charge in [0.15, 0.2) is 5.79 Å². The van der Waals surface area contributed by atoms with Gasteiger partial charge in [-0.3, -0.25) is 10.1 Å². The molecule has 1 spiro atoms. The fourth-order valence-electron chi connectivity index (χ4n) is 6.78. The molecule has 1 saturated carbocycles. The van der Waals surface area contributed by atoms with E-state index in [0.717, 1.165) is 37.7 Å². The molecule has 39 heavy (non-hydrogen) atoms. The Morgan fingerprint density at radius 2 is 1.82 bits per heavy atom. The van der Waals surface area contributed by atoms with Crippen LogP contribution in [0, 0.1) is 16.0 Å². The number of benzene rings is 3. The molecule has 7 nitrogen and oxygen atoms in total. The molecule has 2 aliphatic carbocycles. The van der Waals surface area contributed by atoms with E-state index in [1.54, 1.807) is 0 Å². The van der Waals surface area contributed by atoms with Gasteiger partial charge in [-0.05, 0) is 78.1 Å². The molecule has 0 bridgehead atoms. The van der Waals surface area contributed by atoms with Crippen LogP contribution in [-0.2, 0) is 21.3 Å². The van der Waals surface area contributed by atoms with Crippen LogP contribution in [0.2, 0.25) is 0 Å². The summed E-state index contributed by atoms with van der Waals surface area (Å²) in [7, 11) is 0. The number of fused-ring (bicyclic) bond motifs is 3. The van der Waals surface area contributed by atoms with Crippen molar-refractivity contribution >= 4 is 17.7 Å². The molecule has 3 aliphatic rings. The van der Waals surface area contributed by atoms with Crippen molar-refractivity contribution in [3.05, 3.63) is 111 Å². The highest BCUT2D eigenvalue weighted by Gasteiger charge is 2.56. The second kappa shape index (κ2) is 10.1. The maximum Gasteiger partial charge on any atom is 0.343 e. The number of hydrogen-bond donors (Lipinski definition) is 0. The lowest BCUT2D eigenvalue weighted by atomic mass is 9.53. The number of non-ortho nitro benzene ring substituents is 1. The SMILES string of the molecule is CC[C@@]12CC(=Cc3ccccc3)C3(C[C@H]1CCc1cc(OC(=O)c4ccc([N+](=O)[O-])cc4)ccc12)OCCO3. The average molecular weight is 526 g/mol. The molecule has 3 aromatic carbocycles. The molecular formula is C32H31NO6. The van der Waals surface area contributed by atoms with Crippen LogP contribution >= 0.6 is 0 Å². The van der Waals surface area contributed by atoms with Crippen molar-refractivity contribution in [3.63, 3.8) is 0 Å². The number of hydrogen-bond acceptors (Lipinski definition) is 6. The first-order valence-electron chi connectivity index (χ1n) is 13.6. The summed E-state index contributed by atoms with van der Waals surface area (Å²) in [6, 6.07) is 21.8. The topological polar surface area (TPSA) is 87.9 Å². The largest absolute Gasteiger partial charge is 0.423 e. The molecule has 6 rings (SSSR count). The molecule has 0 radical (unpaired) electrons. The standard InChI is InChI=1S/C32H31NO6/c1-2-31-20-26(18-22-6-4-3-5-7-22)32(37-16-17-38-32)21-25(31)11-8-24-19-28(14-15-29(24)31)39-30(34)23-9-12-27(13-10-23)33(35)36/h3-7,9-10,12-15,18-19,25H,2,8,11,16-17,20-21H2,1H3/t25-,31-/m1/s1. The zero-order valence-electron chi connectivity index (χ0n) is 21.9. The van der Waals surface area contributed by atoms with Crippen molar-refractivity contribution in [1.29, 1.82) is 0 Å². The Balaban J connectivity index is 1.31. The van der Waals surface area contributed by atoms with Crippen LogP contribution in [0.15, 0.2) is 78.4 Å². The Labute approximate surface area is 227 Å². The molecule has 0 N–H and O–H groups in total. The maximum absolute atomic E-state index is 12.7. The van der Waals surface area contributed by atoms with Gasteiger partial charge < -0.3 is 14.2 Å². The van der Waals surface area contributed by atoms with E-state index < -0.39 is 16.7 Å². The lowest BCUT2D eigenvalue weighted by molar-refractivity contribution is -0.384. The van der Waals surface area contributed by atoms with Crippen LogP contribution in [0.1, 0.15) is 59.7 Å². The zero-order chi connectivity index (χ0) is 27.0. The van der Waals surface area contributed by atoms with E-state index in [1.807, 2.05) is 30.3 Å². The minimum absolute atomic E-state index is 0.0599. The van der Waals surface area contributed by atoms with Crippen LogP contribution in [0.5, 0.6) is 5.75 Å². The number of nitrogens with zero attached hydrogens (tertiary/aromatic N) is 1. The highest BCUT2D eigenvalue weighted by Crippen LogP contribution is 2.58. The van der Waals surface area contributed by atoms with Gasteiger partial charge in [-0.15, -0.1) is 0 Å². The lowest BCUT2D eigenvalue weighted by Crippen LogP contribution is -2.51. The highest BCUT2D eigenvalue weighted by molar-refractivity contribution is 5.91. The first-order valence-corrected chi connectivity index (χ1v) is 13.6. The number of nitro groups is 1. The van der Waals surface area contributed by atoms with Crippen LogP contribution in [0.4, 0.5) is 5.69 Å². The minimum atomic E-state index is -0.656. The second-order valence-corrected chi connectivity index (χ2v) is 10.7. The molecule has 0 amide bonds. The molecule has 200 valence electrons. The van der Waals surface area contributed by atoms with Gasteiger partial charge in [0.2, 0.25) is 0 Å². The Hall–Kier alpha value is -3.81. The molecule has 7 heteroatoms. The molecule has 3 aromatic rings. The summed E-state index contributed by atoms with van der Waals surface area (Å²) in [5.41, 5.74) is 4.98. The molecule has 2 atom stereocenters. The van der Waals surface area contributed by atoms with Gasteiger partial charge in [-0.1, -0.05) is 49.4 Å². The average Bonchev–Trinajstić information content (AvgIpc) is 3.43. The number of nitro benzene ring substituents is 1. The highest BCUT2D eigenvalue weighted by atomic mass is 16.7. The number of esters is 1. The normalized spacial score (nSPS) is 24.2. The summed E-state index contributed by atoms with van der Waals surface area (Å²) in [5.74, 6) is -0.297. The molecule has 0 unspecified atom stereocenters. The third-order valence-electron chi connectivity index (χ3n) is 8.72. The molecule has 1 aliphatic heterocycles. The van der Waals surface area contributed by atoms with Crippen molar-refractivity contribution < 1.29 is 23.9 Å². The molecular weight excluding hydrogens is 494 g/mol. The lowest BCUT2D eigenvalue weighted by Gasteiger charge is -2.53. The molecule has 1 saturated heterocycles. The summed E-state index contributed by atoms with van der Waals surface area (Å²) in [5, 5.41) is 10.9. The third kappa shape index (κ3) is 4.56. The summed E-state index contributed by atoms with van der Waals surface area (Å²) < 4.78 is 18.4. The minimum Gasteiger partial charge on any atom is -0.423 e. The van der Waals surface area contributed by atoms with Crippen molar-refractivity contribution in [3.8, 4) is 5.75 Å². The van der Waals surface area contributed by atoms with Crippen molar-refractivity contribution in [2.24, 2.45) is 5.92 Å². The van der Waals surface area contributed by atoms with Gasteiger partial charge >= 0.3 is 5.97 Å². The van der Waals surface area contributed by atoms with Crippen molar-refractivity contribution in [1.82, 2.24) is 0 Å². The Bertz CT molecular complexity index is 1420. The van der Waals surface area contributed by atoms with Crippen LogP contribution < -0.4 is 4.74 Å². The Morgan fingerprint density at radius 1 is 1.08 bits per heavy atom. The van der Waals surface area contributed by atoms with E-state index >= 15 is 0 Å². The molecule has 0 aromatic heterocycles. The number of ether oxygens (including phenoxy) is 3. The van der Waals surface area contributed by atoms with E-state index in [1.165, 1.54) is 41.0 Å². The van der Waals surface area contributed by atoms with Gasteiger partial charge in [0.25, 0.3) is 5.69 Å². The zero-order valence-corrected chi connectivity index (χ0v) is 21.9. The summed E-state index contributed by atoms with van der Waals surface area (Å²) in [6.45, 7) is 3.48. The smallest absolute Gasteiger partial charge is 0.343 e. The number of rotatable bonds is 5. The summed E-state index contributed by atoms with van der Waals surface area (Å²) in [6.07, 6.45) is 6.79. The predicted molar refractivity (Wildman–Crippen MR) is 147 cm³/mol. The Kier molecular flexibility index (Phi) is 6.57.